The van der Waals surface area contributed by atoms with Crippen LogP contribution in [0.5, 0.6) is 0 Å². The van der Waals surface area contributed by atoms with Gasteiger partial charge in [-0.1, -0.05) is 11.3 Å². The highest BCUT2D eigenvalue weighted by atomic mass is 32.1. The molecule has 4 aromatic rings. The maximum Gasteiger partial charge on any atom is 0.318 e. The summed E-state index contributed by atoms with van der Waals surface area (Å²) in [5, 5.41) is 11.1. The van der Waals surface area contributed by atoms with Crippen LogP contribution in [-0.4, -0.2) is 44.9 Å². The molecule has 1 aliphatic carbocycles. The van der Waals surface area contributed by atoms with Crippen LogP contribution in [0.3, 0.4) is 0 Å². The summed E-state index contributed by atoms with van der Waals surface area (Å²) in [5.41, 5.74) is 11.6. The number of hydrogen-bond donors (Lipinski definition) is 3. The lowest BCUT2D eigenvalue weighted by molar-refractivity contribution is -0.123. The van der Waals surface area contributed by atoms with Gasteiger partial charge < -0.3 is 15.8 Å². The average molecular weight is 516 g/mol. The van der Waals surface area contributed by atoms with Crippen molar-refractivity contribution in [2.75, 3.05) is 23.8 Å². The predicted molar refractivity (Wildman–Crippen MR) is 141 cm³/mol. The summed E-state index contributed by atoms with van der Waals surface area (Å²) in [6.07, 6.45) is 6.77. The van der Waals surface area contributed by atoms with E-state index in [2.05, 4.69) is 20.6 Å². The van der Waals surface area contributed by atoms with E-state index in [1.807, 2.05) is 47.3 Å². The van der Waals surface area contributed by atoms with Gasteiger partial charge in [0.2, 0.25) is 5.91 Å². The monoisotopic (exact) mass is 515 g/mol. The molecule has 188 valence electrons. The SMILES string of the molecule is NC(=O)Nc1nc2c(s1)-c1c(c(-c3cccnc3)nn1-c1ccc(NC(=O)C3CCCOC3)cc1)CC2. The van der Waals surface area contributed by atoms with E-state index in [9.17, 15) is 9.59 Å². The number of carbonyl (C=O) groups is 2. The number of aryl methyl sites for hydroxylation is 1. The molecule has 2 aliphatic rings. The number of urea groups is 1. The Morgan fingerprint density at radius 2 is 2.00 bits per heavy atom. The van der Waals surface area contributed by atoms with Crippen LogP contribution in [0.2, 0.25) is 0 Å². The topological polar surface area (TPSA) is 137 Å². The lowest BCUT2D eigenvalue weighted by Crippen LogP contribution is -2.30. The number of fused-ring (bicyclic) bond motifs is 3. The van der Waals surface area contributed by atoms with E-state index in [4.69, 9.17) is 15.6 Å². The van der Waals surface area contributed by atoms with Crippen LogP contribution >= 0.6 is 11.3 Å². The van der Waals surface area contributed by atoms with Gasteiger partial charge in [0.25, 0.3) is 0 Å². The number of amides is 3. The van der Waals surface area contributed by atoms with Crippen LogP contribution in [0, 0.1) is 5.92 Å². The van der Waals surface area contributed by atoms with Gasteiger partial charge in [-0.2, -0.15) is 5.10 Å². The van der Waals surface area contributed by atoms with Crippen molar-refractivity contribution < 1.29 is 14.3 Å². The molecule has 4 heterocycles. The first-order chi connectivity index (χ1) is 18.1. The zero-order valence-corrected chi connectivity index (χ0v) is 20.8. The fourth-order valence-corrected chi connectivity index (χ4v) is 5.90. The van der Waals surface area contributed by atoms with E-state index in [1.165, 1.54) is 11.3 Å². The number of nitrogens with one attached hydrogen (secondary N) is 2. The van der Waals surface area contributed by atoms with Gasteiger partial charge >= 0.3 is 6.03 Å². The fraction of sp³-hybridized carbons (Fsp3) is 0.269. The van der Waals surface area contributed by atoms with Gasteiger partial charge in [-0.05, 0) is 62.1 Å². The number of pyridine rings is 1. The van der Waals surface area contributed by atoms with Crippen LogP contribution < -0.4 is 16.4 Å². The normalized spacial score (nSPS) is 16.5. The summed E-state index contributed by atoms with van der Waals surface area (Å²) in [6, 6.07) is 10.9. The van der Waals surface area contributed by atoms with Crippen LogP contribution in [0.1, 0.15) is 24.1 Å². The summed E-state index contributed by atoms with van der Waals surface area (Å²) in [5.74, 6) is -0.145. The minimum absolute atomic E-state index is 0.0217. The maximum absolute atomic E-state index is 12.6. The summed E-state index contributed by atoms with van der Waals surface area (Å²) < 4.78 is 7.36. The third-order valence-corrected chi connectivity index (χ3v) is 7.60. The Kier molecular flexibility index (Phi) is 6.15. The Labute approximate surface area is 216 Å². The number of aromatic nitrogens is 4. The molecule has 3 aromatic heterocycles. The van der Waals surface area contributed by atoms with Gasteiger partial charge in [-0.3, -0.25) is 15.1 Å². The van der Waals surface area contributed by atoms with Gasteiger partial charge in [0.1, 0.15) is 0 Å². The summed E-state index contributed by atoms with van der Waals surface area (Å²) >= 11 is 1.38. The Hall–Kier alpha value is -4.09. The van der Waals surface area contributed by atoms with Crippen molar-refractivity contribution in [3.63, 3.8) is 0 Å². The van der Waals surface area contributed by atoms with Crippen molar-refractivity contribution in [1.82, 2.24) is 19.7 Å². The molecule has 6 rings (SSSR count). The number of hydrogen-bond acceptors (Lipinski definition) is 7. The van der Waals surface area contributed by atoms with Crippen molar-refractivity contribution in [3.8, 4) is 27.5 Å². The predicted octanol–water partition coefficient (Wildman–Crippen LogP) is 4.01. The van der Waals surface area contributed by atoms with E-state index in [-0.39, 0.29) is 11.8 Å². The minimum atomic E-state index is -0.645. The number of ether oxygens (including phenoxy) is 1. The molecule has 10 nitrogen and oxygen atoms in total. The molecule has 1 atom stereocenters. The first-order valence-corrected chi connectivity index (χ1v) is 13.0. The second-order valence-corrected chi connectivity index (χ2v) is 10.1. The smallest absolute Gasteiger partial charge is 0.318 e. The molecule has 1 fully saturated rings. The Balaban J connectivity index is 1.37. The summed E-state index contributed by atoms with van der Waals surface area (Å²) in [7, 11) is 0. The highest BCUT2D eigenvalue weighted by Gasteiger charge is 2.30. The first kappa shape index (κ1) is 23.3. The number of rotatable bonds is 5. The Morgan fingerprint density at radius 3 is 2.73 bits per heavy atom. The van der Waals surface area contributed by atoms with Crippen LogP contribution in [0.4, 0.5) is 15.6 Å². The Bertz CT molecular complexity index is 1460. The molecular weight excluding hydrogens is 490 g/mol. The van der Waals surface area contributed by atoms with Crippen molar-refractivity contribution >= 4 is 34.1 Å². The van der Waals surface area contributed by atoms with Crippen molar-refractivity contribution in [2.24, 2.45) is 11.7 Å². The number of benzene rings is 1. The van der Waals surface area contributed by atoms with Gasteiger partial charge in [-0.15, -0.1) is 0 Å². The van der Waals surface area contributed by atoms with E-state index < -0.39 is 6.03 Å². The zero-order chi connectivity index (χ0) is 25.4. The fourth-order valence-electron chi connectivity index (χ4n) is 4.83. The lowest BCUT2D eigenvalue weighted by atomic mass is 9.95. The largest absolute Gasteiger partial charge is 0.381 e. The number of primary amides is 1. The lowest BCUT2D eigenvalue weighted by Gasteiger charge is -2.21. The molecule has 1 saturated heterocycles. The molecule has 0 spiro atoms. The molecule has 37 heavy (non-hydrogen) atoms. The number of nitrogens with zero attached hydrogens (tertiary/aromatic N) is 4. The average Bonchev–Trinajstić information content (AvgIpc) is 3.51. The van der Waals surface area contributed by atoms with E-state index in [0.717, 1.165) is 76.8 Å². The number of thiazole rings is 1. The van der Waals surface area contributed by atoms with Crippen LogP contribution in [0.15, 0.2) is 48.8 Å². The highest BCUT2D eigenvalue weighted by molar-refractivity contribution is 7.19. The highest BCUT2D eigenvalue weighted by Crippen LogP contribution is 2.44. The number of nitrogens with two attached hydrogens (primary N) is 1. The maximum atomic E-state index is 12.6. The quantitative estimate of drug-likeness (QED) is 0.367. The molecule has 1 aliphatic heterocycles. The second-order valence-electron chi connectivity index (χ2n) is 9.06. The van der Waals surface area contributed by atoms with Gasteiger partial charge in [0.15, 0.2) is 5.13 Å². The molecule has 4 N–H and O–H groups in total. The number of carbonyl (C=O) groups excluding carboxylic acids is 2. The van der Waals surface area contributed by atoms with Gasteiger partial charge in [0, 0.05) is 35.8 Å². The second kappa shape index (κ2) is 9.75. The number of anilines is 2. The van der Waals surface area contributed by atoms with Gasteiger partial charge in [0.05, 0.1) is 40.2 Å². The van der Waals surface area contributed by atoms with Crippen LogP contribution in [-0.2, 0) is 22.4 Å². The molecule has 11 heteroatoms. The molecule has 0 bridgehead atoms. The standard InChI is InChI=1S/C26H25N7O3S/c27-25(35)31-26-30-20-10-9-19-21(15-3-1-11-28-13-15)32-33(22(19)23(20)37-26)18-7-5-17(6-8-18)29-24(34)16-4-2-12-36-14-16/h1,3,5-8,11,13,16H,2,4,9-10,12,14H2,(H,29,34)(H3,27,30,31,35). The van der Waals surface area contributed by atoms with Crippen molar-refractivity contribution in [3.05, 3.63) is 60.0 Å². The zero-order valence-electron chi connectivity index (χ0n) is 19.9. The minimum Gasteiger partial charge on any atom is -0.381 e. The van der Waals surface area contributed by atoms with Crippen molar-refractivity contribution in [2.45, 2.75) is 25.7 Å². The molecular formula is C26H25N7O3S. The molecule has 1 aromatic carbocycles. The van der Waals surface area contributed by atoms with E-state index >= 15 is 0 Å². The van der Waals surface area contributed by atoms with E-state index in [0.29, 0.717) is 11.7 Å². The van der Waals surface area contributed by atoms with Gasteiger partial charge in [-0.25, -0.2) is 14.5 Å². The third kappa shape index (κ3) is 4.58. The molecule has 1 unspecified atom stereocenters. The first-order valence-electron chi connectivity index (χ1n) is 12.1. The summed E-state index contributed by atoms with van der Waals surface area (Å²) in [4.78, 5) is 33.9. The Morgan fingerprint density at radius 1 is 1.14 bits per heavy atom. The van der Waals surface area contributed by atoms with E-state index in [1.54, 1.807) is 6.20 Å². The molecule has 0 saturated carbocycles. The molecule has 3 amide bonds. The molecule has 0 radical (unpaired) electrons. The third-order valence-electron chi connectivity index (χ3n) is 6.58. The van der Waals surface area contributed by atoms with Crippen LogP contribution in [0.25, 0.3) is 27.5 Å². The van der Waals surface area contributed by atoms with Crippen molar-refractivity contribution in [1.29, 1.82) is 0 Å². The summed E-state index contributed by atoms with van der Waals surface area (Å²) in [6.45, 7) is 1.18.